The first kappa shape index (κ1) is 13.7. The maximum absolute atomic E-state index is 13.2. The molecule has 0 aliphatic rings. The monoisotopic (exact) mass is 238 g/mol. The van der Waals surface area contributed by atoms with Gasteiger partial charge in [-0.25, -0.2) is 4.39 Å². The Morgan fingerprint density at radius 3 is 2.29 bits per heavy atom. The zero-order valence-corrected chi connectivity index (χ0v) is 10.4. The predicted octanol–water partition coefficient (Wildman–Crippen LogP) is 3.75. The number of carboxylic acid groups (broad SMARTS) is 1. The number of rotatable bonds is 6. The first-order valence-electron chi connectivity index (χ1n) is 6.06. The highest BCUT2D eigenvalue weighted by atomic mass is 19.1. The van der Waals surface area contributed by atoms with Crippen LogP contribution in [0.1, 0.15) is 45.1 Å². The number of halogens is 1. The second-order valence-electron chi connectivity index (χ2n) is 4.40. The molecule has 0 unspecified atom stereocenters. The Morgan fingerprint density at radius 1 is 1.29 bits per heavy atom. The van der Waals surface area contributed by atoms with Crippen LogP contribution in [-0.2, 0) is 10.2 Å². The van der Waals surface area contributed by atoms with Crippen molar-refractivity contribution in [3.8, 4) is 0 Å². The maximum atomic E-state index is 13.2. The first-order valence-corrected chi connectivity index (χ1v) is 6.06. The molecular weight excluding hydrogens is 219 g/mol. The van der Waals surface area contributed by atoms with Crippen molar-refractivity contribution in [1.29, 1.82) is 0 Å². The lowest BCUT2D eigenvalue weighted by Gasteiger charge is -2.29. The van der Waals surface area contributed by atoms with Crippen LogP contribution in [0.25, 0.3) is 0 Å². The van der Waals surface area contributed by atoms with E-state index in [2.05, 4.69) is 0 Å². The largest absolute Gasteiger partial charge is 0.481 e. The molecule has 0 radical (unpaired) electrons. The Kier molecular flexibility index (Phi) is 4.67. The highest BCUT2D eigenvalue weighted by molar-refractivity contribution is 5.81. The lowest BCUT2D eigenvalue weighted by atomic mass is 9.73. The fraction of sp³-hybridized carbons (Fsp3) is 0.500. The molecule has 2 nitrogen and oxygen atoms in total. The molecule has 1 rings (SSSR count). The van der Waals surface area contributed by atoms with Crippen molar-refractivity contribution in [3.63, 3.8) is 0 Å². The molecule has 0 saturated heterocycles. The van der Waals surface area contributed by atoms with E-state index in [-0.39, 0.29) is 5.82 Å². The van der Waals surface area contributed by atoms with Gasteiger partial charge in [-0.15, -0.1) is 0 Å². The van der Waals surface area contributed by atoms with Gasteiger partial charge in [0.1, 0.15) is 5.82 Å². The van der Waals surface area contributed by atoms with E-state index in [1.165, 1.54) is 12.1 Å². The minimum Gasteiger partial charge on any atom is -0.481 e. The van der Waals surface area contributed by atoms with E-state index in [0.717, 1.165) is 12.8 Å². The smallest absolute Gasteiger partial charge is 0.314 e. The van der Waals surface area contributed by atoms with Crippen LogP contribution >= 0.6 is 0 Å². The lowest BCUT2D eigenvalue weighted by molar-refractivity contribution is -0.144. The van der Waals surface area contributed by atoms with E-state index < -0.39 is 11.4 Å². The highest BCUT2D eigenvalue weighted by Gasteiger charge is 2.38. The fourth-order valence-electron chi connectivity index (χ4n) is 2.39. The molecule has 0 spiro atoms. The van der Waals surface area contributed by atoms with Gasteiger partial charge in [0.05, 0.1) is 5.41 Å². The molecule has 3 heteroatoms. The molecule has 0 aliphatic carbocycles. The normalized spacial score (nSPS) is 11.5. The maximum Gasteiger partial charge on any atom is 0.314 e. The minimum absolute atomic E-state index is 0.375. The van der Waals surface area contributed by atoms with Crippen LogP contribution in [0.15, 0.2) is 24.3 Å². The summed E-state index contributed by atoms with van der Waals surface area (Å²) < 4.78 is 13.2. The summed E-state index contributed by atoms with van der Waals surface area (Å²) in [6.45, 7) is 3.90. The summed E-state index contributed by atoms with van der Waals surface area (Å²) >= 11 is 0. The van der Waals surface area contributed by atoms with Crippen molar-refractivity contribution in [2.24, 2.45) is 0 Å². The number of carboxylic acids is 1. The zero-order chi connectivity index (χ0) is 12.9. The van der Waals surface area contributed by atoms with Crippen LogP contribution in [0.2, 0.25) is 0 Å². The number of hydrogen-bond donors (Lipinski definition) is 1. The third-order valence-corrected chi connectivity index (χ3v) is 3.14. The van der Waals surface area contributed by atoms with Gasteiger partial charge in [-0.05, 0) is 30.5 Å². The van der Waals surface area contributed by atoms with Crippen molar-refractivity contribution in [2.75, 3.05) is 0 Å². The summed E-state index contributed by atoms with van der Waals surface area (Å²) in [7, 11) is 0. The quantitative estimate of drug-likeness (QED) is 0.819. The Labute approximate surface area is 101 Å². The van der Waals surface area contributed by atoms with E-state index >= 15 is 0 Å². The number of benzene rings is 1. The average Bonchev–Trinajstić information content (AvgIpc) is 2.28. The van der Waals surface area contributed by atoms with Gasteiger partial charge >= 0.3 is 5.97 Å². The van der Waals surface area contributed by atoms with Crippen LogP contribution < -0.4 is 0 Å². The van der Waals surface area contributed by atoms with Crippen molar-refractivity contribution in [1.82, 2.24) is 0 Å². The minimum atomic E-state index is -0.939. The molecule has 1 N–H and O–H groups in total. The summed E-state index contributed by atoms with van der Waals surface area (Å²) in [5.41, 5.74) is -0.361. The molecule has 0 atom stereocenters. The van der Waals surface area contributed by atoms with E-state index in [1.54, 1.807) is 12.1 Å². The van der Waals surface area contributed by atoms with Gasteiger partial charge in [0, 0.05) is 0 Å². The molecule has 0 aromatic heterocycles. The predicted molar refractivity (Wildman–Crippen MR) is 65.5 cm³/mol. The Hall–Kier alpha value is -1.38. The third kappa shape index (κ3) is 2.84. The molecule has 0 amide bonds. The van der Waals surface area contributed by atoms with Gasteiger partial charge in [-0.2, -0.15) is 0 Å². The molecule has 0 bridgehead atoms. The summed E-state index contributed by atoms with van der Waals surface area (Å²) in [5.74, 6) is -1.23. The summed E-state index contributed by atoms with van der Waals surface area (Å²) in [5, 5.41) is 9.51. The van der Waals surface area contributed by atoms with Crippen molar-refractivity contribution < 1.29 is 14.3 Å². The van der Waals surface area contributed by atoms with Gasteiger partial charge in [-0.3, -0.25) is 4.79 Å². The Balaban J connectivity index is 3.24. The van der Waals surface area contributed by atoms with E-state index in [9.17, 15) is 14.3 Å². The highest BCUT2D eigenvalue weighted by Crippen LogP contribution is 2.35. The van der Waals surface area contributed by atoms with Gasteiger partial charge in [0.2, 0.25) is 0 Å². The molecule has 1 aromatic rings. The van der Waals surface area contributed by atoms with Crippen LogP contribution in [0, 0.1) is 5.82 Å². The van der Waals surface area contributed by atoms with E-state index in [1.807, 2.05) is 13.8 Å². The standard InChI is InChI=1S/C14H19FO2/c1-3-8-14(9-4-2,13(16)17)11-6-5-7-12(15)10-11/h5-7,10H,3-4,8-9H2,1-2H3,(H,16,17). The van der Waals surface area contributed by atoms with Crippen LogP contribution in [0.5, 0.6) is 0 Å². The molecular formula is C14H19FO2. The number of hydrogen-bond acceptors (Lipinski definition) is 1. The fourth-order valence-corrected chi connectivity index (χ4v) is 2.39. The molecule has 0 saturated carbocycles. The zero-order valence-electron chi connectivity index (χ0n) is 10.4. The summed E-state index contributed by atoms with van der Waals surface area (Å²) in [6.07, 6.45) is 2.62. The van der Waals surface area contributed by atoms with Gasteiger partial charge < -0.3 is 5.11 Å². The molecule has 0 aliphatic heterocycles. The van der Waals surface area contributed by atoms with E-state index in [4.69, 9.17) is 0 Å². The van der Waals surface area contributed by atoms with Crippen LogP contribution in [0.4, 0.5) is 4.39 Å². The third-order valence-electron chi connectivity index (χ3n) is 3.14. The SMILES string of the molecule is CCCC(CCC)(C(=O)O)c1cccc(F)c1. The molecule has 17 heavy (non-hydrogen) atoms. The lowest BCUT2D eigenvalue weighted by Crippen LogP contribution is -2.35. The van der Waals surface area contributed by atoms with Gasteiger partial charge in [0.25, 0.3) is 0 Å². The van der Waals surface area contributed by atoms with Crippen LogP contribution in [0.3, 0.4) is 0 Å². The van der Waals surface area contributed by atoms with Gasteiger partial charge in [0.15, 0.2) is 0 Å². The Morgan fingerprint density at radius 2 is 1.88 bits per heavy atom. The second kappa shape index (κ2) is 5.80. The second-order valence-corrected chi connectivity index (χ2v) is 4.40. The Bertz CT molecular complexity index is 382. The van der Waals surface area contributed by atoms with E-state index in [0.29, 0.717) is 18.4 Å². The van der Waals surface area contributed by atoms with Crippen molar-refractivity contribution in [3.05, 3.63) is 35.6 Å². The van der Waals surface area contributed by atoms with Crippen molar-refractivity contribution in [2.45, 2.75) is 44.9 Å². The average molecular weight is 238 g/mol. The molecule has 0 fully saturated rings. The van der Waals surface area contributed by atoms with Gasteiger partial charge in [-0.1, -0.05) is 38.8 Å². The first-order chi connectivity index (χ1) is 8.06. The summed E-state index contributed by atoms with van der Waals surface area (Å²) in [6, 6.07) is 5.98. The van der Waals surface area contributed by atoms with Crippen LogP contribution in [-0.4, -0.2) is 11.1 Å². The number of carbonyl (C=O) groups is 1. The molecule has 94 valence electrons. The summed E-state index contributed by atoms with van der Waals surface area (Å²) in [4.78, 5) is 11.6. The number of aliphatic carboxylic acids is 1. The van der Waals surface area contributed by atoms with Crippen molar-refractivity contribution >= 4 is 5.97 Å². The molecule has 1 aromatic carbocycles. The topological polar surface area (TPSA) is 37.3 Å². The molecule has 0 heterocycles.